The van der Waals surface area contributed by atoms with Gasteiger partial charge < -0.3 is 10.0 Å². The lowest BCUT2D eigenvalue weighted by Gasteiger charge is -2.40. The summed E-state index contributed by atoms with van der Waals surface area (Å²) in [5.41, 5.74) is 1.00. The fraction of sp³-hybridized carbons (Fsp3) is 0.588. The van der Waals surface area contributed by atoms with Gasteiger partial charge in [-0.05, 0) is 49.9 Å². The van der Waals surface area contributed by atoms with Crippen LogP contribution in [0, 0.1) is 5.41 Å². The van der Waals surface area contributed by atoms with Crippen LogP contribution in [-0.2, 0) is 4.79 Å². The number of hydrogen-bond acceptors (Lipinski definition) is 3. The lowest BCUT2D eigenvalue weighted by molar-refractivity contribution is -0.120. The second-order valence-electron chi connectivity index (χ2n) is 6.08. The van der Waals surface area contributed by atoms with Crippen LogP contribution in [0.5, 0.6) is 0 Å². The lowest BCUT2D eigenvalue weighted by atomic mass is 9.77. The Hall–Kier alpha value is -1.39. The summed E-state index contributed by atoms with van der Waals surface area (Å²) >= 11 is 0. The van der Waals surface area contributed by atoms with Gasteiger partial charge in [0.15, 0.2) is 0 Å². The molecule has 21 heavy (non-hydrogen) atoms. The van der Waals surface area contributed by atoms with Crippen molar-refractivity contribution in [2.45, 2.75) is 26.2 Å². The molecule has 2 rings (SSSR count). The molecule has 0 bridgehead atoms. The molecule has 0 unspecified atom stereocenters. The molecular weight excluding hydrogens is 264 g/mol. The van der Waals surface area contributed by atoms with E-state index in [-0.39, 0.29) is 17.9 Å². The monoisotopic (exact) mass is 290 g/mol. The smallest absolute Gasteiger partial charge is 0.240 e. The summed E-state index contributed by atoms with van der Waals surface area (Å²) in [4.78, 5) is 16.3. The third kappa shape index (κ3) is 3.83. The molecule has 4 nitrogen and oxygen atoms in total. The van der Waals surface area contributed by atoms with E-state index in [2.05, 4.69) is 11.8 Å². The predicted molar refractivity (Wildman–Crippen MR) is 85.3 cm³/mol. The Labute approximate surface area is 127 Å². The summed E-state index contributed by atoms with van der Waals surface area (Å²) in [6.45, 7) is 4.64. The molecule has 1 aromatic carbocycles. The number of para-hydroxylation sites is 1. The van der Waals surface area contributed by atoms with E-state index in [9.17, 15) is 9.90 Å². The molecule has 1 fully saturated rings. The molecule has 1 aromatic rings. The highest BCUT2D eigenvalue weighted by Crippen LogP contribution is 2.34. The van der Waals surface area contributed by atoms with E-state index < -0.39 is 0 Å². The second kappa shape index (κ2) is 7.05. The number of aliphatic hydroxyl groups excluding tert-OH is 1. The van der Waals surface area contributed by atoms with E-state index >= 15 is 0 Å². The van der Waals surface area contributed by atoms with E-state index in [1.165, 1.54) is 0 Å². The van der Waals surface area contributed by atoms with Crippen LogP contribution >= 0.6 is 0 Å². The van der Waals surface area contributed by atoms with Gasteiger partial charge in [-0.15, -0.1) is 0 Å². The van der Waals surface area contributed by atoms with Crippen molar-refractivity contribution >= 4 is 11.6 Å². The number of likely N-dealkylation sites (N-methyl/N-ethyl adjacent to an activating group) is 1. The van der Waals surface area contributed by atoms with Gasteiger partial charge in [0.25, 0.3) is 0 Å². The first-order valence-electron chi connectivity index (χ1n) is 7.75. The molecule has 0 saturated carbocycles. The number of rotatable bonds is 5. The number of nitrogens with zero attached hydrogens (tertiary/aromatic N) is 2. The van der Waals surface area contributed by atoms with Crippen molar-refractivity contribution in [3.05, 3.63) is 30.3 Å². The van der Waals surface area contributed by atoms with E-state index in [4.69, 9.17) is 0 Å². The first-order chi connectivity index (χ1) is 10.1. The van der Waals surface area contributed by atoms with Gasteiger partial charge >= 0.3 is 0 Å². The number of likely N-dealkylation sites (tertiary alicyclic amines) is 1. The van der Waals surface area contributed by atoms with Gasteiger partial charge in [0.2, 0.25) is 5.91 Å². The summed E-state index contributed by atoms with van der Waals surface area (Å²) in [6, 6.07) is 9.73. The summed E-state index contributed by atoms with van der Waals surface area (Å²) < 4.78 is 0. The van der Waals surface area contributed by atoms with Gasteiger partial charge in [-0.3, -0.25) is 9.69 Å². The molecule has 0 atom stereocenters. The average molecular weight is 290 g/mol. The minimum Gasteiger partial charge on any atom is -0.396 e. The van der Waals surface area contributed by atoms with E-state index in [0.29, 0.717) is 6.54 Å². The van der Waals surface area contributed by atoms with Gasteiger partial charge in [0.1, 0.15) is 0 Å². The quantitative estimate of drug-likeness (QED) is 0.903. The van der Waals surface area contributed by atoms with Gasteiger partial charge in [0.05, 0.1) is 6.54 Å². The van der Waals surface area contributed by atoms with Crippen molar-refractivity contribution < 1.29 is 9.90 Å². The summed E-state index contributed by atoms with van der Waals surface area (Å²) in [5.74, 6) is 0.120. The van der Waals surface area contributed by atoms with Crippen LogP contribution in [0.1, 0.15) is 26.2 Å². The normalized spacial score (nSPS) is 18.4. The van der Waals surface area contributed by atoms with Gasteiger partial charge in [0, 0.05) is 19.3 Å². The number of benzene rings is 1. The predicted octanol–water partition coefficient (Wildman–Crippen LogP) is 2.13. The fourth-order valence-electron chi connectivity index (χ4n) is 2.90. The van der Waals surface area contributed by atoms with Gasteiger partial charge in [-0.1, -0.05) is 25.1 Å². The van der Waals surface area contributed by atoms with Crippen LogP contribution in [0.25, 0.3) is 0 Å². The van der Waals surface area contributed by atoms with Crippen molar-refractivity contribution in [1.82, 2.24) is 4.90 Å². The molecule has 0 aromatic heterocycles. The molecule has 4 heteroatoms. The number of carbonyl (C=O) groups is 1. The summed E-state index contributed by atoms with van der Waals surface area (Å²) in [5, 5.41) is 9.55. The maximum absolute atomic E-state index is 12.3. The van der Waals surface area contributed by atoms with Crippen molar-refractivity contribution in [3.63, 3.8) is 0 Å². The van der Waals surface area contributed by atoms with Crippen molar-refractivity contribution in [2.75, 3.05) is 38.2 Å². The maximum Gasteiger partial charge on any atom is 0.240 e. The Bertz CT molecular complexity index is 447. The Balaban J connectivity index is 1.87. The highest BCUT2D eigenvalue weighted by Gasteiger charge is 2.33. The molecule has 0 radical (unpaired) electrons. The molecule has 116 valence electrons. The van der Waals surface area contributed by atoms with Gasteiger partial charge in [-0.25, -0.2) is 0 Å². The zero-order valence-electron chi connectivity index (χ0n) is 13.1. The zero-order valence-corrected chi connectivity index (χ0v) is 13.1. The molecule has 1 N–H and O–H groups in total. The molecule has 0 spiro atoms. The van der Waals surface area contributed by atoms with Crippen molar-refractivity contribution in [2.24, 2.45) is 5.41 Å². The van der Waals surface area contributed by atoms with E-state index in [0.717, 1.165) is 38.0 Å². The number of hydrogen-bond donors (Lipinski definition) is 1. The molecular formula is C17H26N2O2. The van der Waals surface area contributed by atoms with Crippen LogP contribution < -0.4 is 4.90 Å². The van der Waals surface area contributed by atoms with Crippen LogP contribution in [0.4, 0.5) is 5.69 Å². The first kappa shape index (κ1) is 16.0. The highest BCUT2D eigenvalue weighted by molar-refractivity contribution is 5.94. The minimum absolute atomic E-state index is 0.0743. The third-order valence-electron chi connectivity index (χ3n) is 4.88. The van der Waals surface area contributed by atoms with Crippen LogP contribution in [-0.4, -0.2) is 49.2 Å². The van der Waals surface area contributed by atoms with Gasteiger partial charge in [-0.2, -0.15) is 0 Å². The topological polar surface area (TPSA) is 43.8 Å². The fourth-order valence-corrected chi connectivity index (χ4v) is 2.90. The summed E-state index contributed by atoms with van der Waals surface area (Å²) in [7, 11) is 1.83. The number of anilines is 1. The maximum atomic E-state index is 12.3. The highest BCUT2D eigenvalue weighted by atomic mass is 16.3. The molecule has 1 aliphatic heterocycles. The van der Waals surface area contributed by atoms with Crippen LogP contribution in [0.3, 0.4) is 0 Å². The van der Waals surface area contributed by atoms with E-state index in [1.807, 2.05) is 37.4 Å². The first-order valence-corrected chi connectivity index (χ1v) is 7.75. The molecule has 1 saturated heterocycles. The Kier molecular flexibility index (Phi) is 5.37. The largest absolute Gasteiger partial charge is 0.396 e. The van der Waals surface area contributed by atoms with Crippen LogP contribution in [0.15, 0.2) is 30.3 Å². The molecule has 1 amide bonds. The number of carbonyl (C=O) groups excluding carboxylic acids is 1. The lowest BCUT2D eigenvalue weighted by Crippen LogP contribution is -2.46. The minimum atomic E-state index is 0.0743. The van der Waals surface area contributed by atoms with Crippen molar-refractivity contribution in [3.8, 4) is 0 Å². The molecule has 0 aliphatic carbocycles. The molecule has 1 aliphatic rings. The second-order valence-corrected chi connectivity index (χ2v) is 6.08. The Morgan fingerprint density at radius 3 is 2.43 bits per heavy atom. The third-order valence-corrected chi connectivity index (χ3v) is 4.88. The number of amides is 1. The Morgan fingerprint density at radius 2 is 1.90 bits per heavy atom. The average Bonchev–Trinajstić information content (AvgIpc) is 2.56. The van der Waals surface area contributed by atoms with Crippen LogP contribution in [0.2, 0.25) is 0 Å². The standard InChI is InChI=1S/C17H26N2O2/c1-3-17(14-20)9-11-19(12-10-17)13-16(21)18(2)15-7-5-4-6-8-15/h4-8,20H,3,9-14H2,1-2H3. The number of aliphatic hydroxyl groups is 1. The summed E-state index contributed by atoms with van der Waals surface area (Å²) in [6.07, 6.45) is 2.96. The molecule has 1 heterocycles. The zero-order chi connectivity index (χ0) is 15.3. The van der Waals surface area contributed by atoms with E-state index in [1.54, 1.807) is 4.90 Å². The number of piperidine rings is 1. The SMILES string of the molecule is CCC1(CO)CCN(CC(=O)N(C)c2ccccc2)CC1. The van der Waals surface area contributed by atoms with Crippen molar-refractivity contribution in [1.29, 1.82) is 0 Å². The Morgan fingerprint density at radius 1 is 1.29 bits per heavy atom.